The first-order valence-electron chi connectivity index (χ1n) is 6.24. The summed E-state index contributed by atoms with van der Waals surface area (Å²) in [6.45, 7) is 1.89. The van der Waals surface area contributed by atoms with Crippen molar-refractivity contribution in [2.45, 2.75) is 51.0 Å². The molecule has 0 aromatic heterocycles. The van der Waals surface area contributed by atoms with E-state index in [0.717, 1.165) is 32.1 Å². The molecule has 5 nitrogen and oxygen atoms in total. The summed E-state index contributed by atoms with van der Waals surface area (Å²) in [7, 11) is 0. The maximum Gasteiger partial charge on any atom is 0.408 e. The lowest BCUT2D eigenvalue weighted by molar-refractivity contribution is -0.140. The fraction of sp³-hybridized carbons (Fsp3) is 0.833. The highest BCUT2D eigenvalue weighted by Crippen LogP contribution is 2.38. The van der Waals surface area contributed by atoms with Crippen LogP contribution in [0.1, 0.15) is 45.4 Å². The maximum absolute atomic E-state index is 11.4. The van der Waals surface area contributed by atoms with Crippen molar-refractivity contribution in [1.29, 1.82) is 0 Å². The zero-order chi connectivity index (χ0) is 13.6. The molecule has 1 aliphatic carbocycles. The summed E-state index contributed by atoms with van der Waals surface area (Å²) in [5.41, 5.74) is -1.02. The van der Waals surface area contributed by atoms with E-state index in [2.05, 4.69) is 5.32 Å². The average Bonchev–Trinajstić information content (AvgIpc) is 2.26. The molecule has 1 unspecified atom stereocenters. The number of aliphatic carboxylic acids is 1. The maximum atomic E-state index is 11.4. The molecule has 0 radical (unpaired) electrons. The van der Waals surface area contributed by atoms with E-state index in [9.17, 15) is 9.59 Å². The average molecular weight is 278 g/mol. The topological polar surface area (TPSA) is 75.6 Å². The number of amides is 1. The van der Waals surface area contributed by atoms with E-state index in [1.807, 2.05) is 0 Å². The molecule has 0 spiro atoms. The molecule has 0 heterocycles. The SMILES string of the molecule is CC(Cl)OC(=O)NCC1(CC(=O)O)CCCCC1. The van der Waals surface area contributed by atoms with Gasteiger partial charge in [0.05, 0.1) is 6.42 Å². The van der Waals surface area contributed by atoms with Gasteiger partial charge in [-0.1, -0.05) is 30.9 Å². The first kappa shape index (κ1) is 15.1. The summed E-state index contributed by atoms with van der Waals surface area (Å²) in [4.78, 5) is 22.3. The van der Waals surface area contributed by atoms with Gasteiger partial charge in [0.1, 0.15) is 0 Å². The molecule has 1 aliphatic rings. The molecule has 0 aromatic carbocycles. The number of alkyl halides is 1. The van der Waals surface area contributed by atoms with Gasteiger partial charge < -0.3 is 15.2 Å². The number of hydrogen-bond donors (Lipinski definition) is 2. The van der Waals surface area contributed by atoms with Crippen LogP contribution in [0, 0.1) is 5.41 Å². The number of hydrogen-bond acceptors (Lipinski definition) is 3. The summed E-state index contributed by atoms with van der Waals surface area (Å²) in [5, 5.41) is 11.6. The standard InChI is InChI=1S/C12H20ClNO4/c1-9(13)18-11(17)14-8-12(7-10(15)16)5-3-2-4-6-12/h9H,2-8H2,1H3,(H,14,17)(H,15,16). The number of nitrogens with one attached hydrogen (secondary N) is 1. The molecule has 1 saturated carbocycles. The van der Waals surface area contributed by atoms with Crippen molar-refractivity contribution in [2.24, 2.45) is 5.41 Å². The van der Waals surface area contributed by atoms with Crippen LogP contribution in [0.15, 0.2) is 0 Å². The molecule has 0 bridgehead atoms. The smallest absolute Gasteiger partial charge is 0.408 e. The van der Waals surface area contributed by atoms with Crippen LogP contribution < -0.4 is 5.32 Å². The van der Waals surface area contributed by atoms with Gasteiger partial charge in [-0.2, -0.15) is 0 Å². The van der Waals surface area contributed by atoms with E-state index in [4.69, 9.17) is 21.4 Å². The van der Waals surface area contributed by atoms with E-state index in [1.54, 1.807) is 6.92 Å². The van der Waals surface area contributed by atoms with Crippen molar-refractivity contribution < 1.29 is 19.4 Å². The number of halogens is 1. The molecule has 1 fully saturated rings. The zero-order valence-electron chi connectivity index (χ0n) is 10.6. The normalized spacial score (nSPS) is 19.9. The minimum Gasteiger partial charge on any atom is -0.481 e. The number of alkyl carbamates (subject to hydrolysis) is 1. The number of carboxylic acids is 1. The number of carbonyl (C=O) groups is 2. The minimum atomic E-state index is -0.822. The van der Waals surface area contributed by atoms with Gasteiger partial charge in [0.25, 0.3) is 0 Å². The van der Waals surface area contributed by atoms with Crippen molar-refractivity contribution in [1.82, 2.24) is 5.32 Å². The Morgan fingerprint density at radius 3 is 2.50 bits per heavy atom. The number of carboxylic acid groups (broad SMARTS) is 1. The van der Waals surface area contributed by atoms with Crippen LogP contribution in [0.2, 0.25) is 0 Å². The molecular weight excluding hydrogens is 258 g/mol. The van der Waals surface area contributed by atoms with Gasteiger partial charge in [-0.25, -0.2) is 4.79 Å². The van der Waals surface area contributed by atoms with E-state index < -0.39 is 17.6 Å². The van der Waals surface area contributed by atoms with Gasteiger partial charge in [0.2, 0.25) is 0 Å². The fourth-order valence-corrected chi connectivity index (χ4v) is 2.57. The third-order valence-electron chi connectivity index (χ3n) is 3.32. The summed E-state index contributed by atoms with van der Waals surface area (Å²) in [5.74, 6) is -0.822. The quantitative estimate of drug-likeness (QED) is 0.758. The van der Waals surface area contributed by atoms with Crippen molar-refractivity contribution in [3.63, 3.8) is 0 Å². The van der Waals surface area contributed by atoms with Crippen LogP contribution in [0.4, 0.5) is 4.79 Å². The molecule has 1 atom stereocenters. The van der Waals surface area contributed by atoms with Gasteiger partial charge in [0, 0.05) is 6.54 Å². The Balaban J connectivity index is 2.50. The molecule has 18 heavy (non-hydrogen) atoms. The molecule has 0 aromatic rings. The molecular formula is C12H20ClNO4. The summed E-state index contributed by atoms with van der Waals surface area (Å²) in [6, 6.07) is 0. The Bertz CT molecular complexity index is 300. The van der Waals surface area contributed by atoms with E-state index in [-0.39, 0.29) is 11.8 Å². The predicted octanol–water partition coefficient (Wildman–Crippen LogP) is 2.72. The van der Waals surface area contributed by atoms with Crippen molar-refractivity contribution in [3.05, 3.63) is 0 Å². The second-order valence-corrected chi connectivity index (χ2v) is 5.55. The molecule has 1 rings (SSSR count). The van der Waals surface area contributed by atoms with Crippen LogP contribution in [0.25, 0.3) is 0 Å². The first-order chi connectivity index (χ1) is 8.43. The van der Waals surface area contributed by atoms with E-state index >= 15 is 0 Å². The van der Waals surface area contributed by atoms with Crippen LogP contribution in [0.3, 0.4) is 0 Å². The molecule has 2 N–H and O–H groups in total. The van der Waals surface area contributed by atoms with Gasteiger partial charge in [-0.15, -0.1) is 0 Å². The Labute approximate surface area is 112 Å². The number of ether oxygens (including phenoxy) is 1. The highest BCUT2D eigenvalue weighted by atomic mass is 35.5. The molecule has 0 saturated heterocycles. The van der Waals surface area contributed by atoms with Crippen LogP contribution in [-0.2, 0) is 9.53 Å². The first-order valence-corrected chi connectivity index (χ1v) is 6.68. The van der Waals surface area contributed by atoms with Gasteiger partial charge in [-0.05, 0) is 25.2 Å². The highest BCUT2D eigenvalue weighted by molar-refractivity contribution is 6.19. The van der Waals surface area contributed by atoms with Crippen LogP contribution in [-0.4, -0.2) is 29.3 Å². The van der Waals surface area contributed by atoms with Gasteiger partial charge >= 0.3 is 12.1 Å². The predicted molar refractivity (Wildman–Crippen MR) is 67.6 cm³/mol. The van der Waals surface area contributed by atoms with Crippen LogP contribution in [0.5, 0.6) is 0 Å². The van der Waals surface area contributed by atoms with E-state index in [1.165, 1.54) is 0 Å². The lowest BCUT2D eigenvalue weighted by Crippen LogP contribution is -2.41. The van der Waals surface area contributed by atoms with Crippen molar-refractivity contribution in [3.8, 4) is 0 Å². The van der Waals surface area contributed by atoms with Crippen LogP contribution >= 0.6 is 11.6 Å². The molecule has 1 amide bonds. The summed E-state index contributed by atoms with van der Waals surface area (Å²) in [6.07, 6.45) is 4.30. The summed E-state index contributed by atoms with van der Waals surface area (Å²) < 4.78 is 4.76. The van der Waals surface area contributed by atoms with E-state index in [0.29, 0.717) is 6.54 Å². The largest absolute Gasteiger partial charge is 0.481 e. The Kier molecular flexibility index (Phi) is 5.72. The summed E-state index contributed by atoms with van der Waals surface area (Å²) >= 11 is 5.54. The Hall–Kier alpha value is -0.970. The van der Waals surface area contributed by atoms with Crippen molar-refractivity contribution >= 4 is 23.7 Å². The Morgan fingerprint density at radius 1 is 1.39 bits per heavy atom. The third kappa shape index (κ3) is 5.12. The lowest BCUT2D eigenvalue weighted by Gasteiger charge is -2.36. The van der Waals surface area contributed by atoms with Crippen molar-refractivity contribution in [2.75, 3.05) is 6.54 Å². The molecule has 0 aliphatic heterocycles. The lowest BCUT2D eigenvalue weighted by atomic mass is 9.72. The second-order valence-electron chi connectivity index (χ2n) is 4.93. The monoisotopic (exact) mass is 277 g/mol. The number of rotatable bonds is 5. The zero-order valence-corrected chi connectivity index (χ0v) is 11.3. The second kappa shape index (κ2) is 6.83. The Morgan fingerprint density at radius 2 is 2.00 bits per heavy atom. The molecule has 104 valence electrons. The third-order valence-corrected chi connectivity index (χ3v) is 3.41. The van der Waals surface area contributed by atoms with Gasteiger partial charge in [0.15, 0.2) is 5.56 Å². The fourth-order valence-electron chi connectivity index (χ4n) is 2.49. The number of carbonyl (C=O) groups excluding carboxylic acids is 1. The minimum absolute atomic E-state index is 0.0870. The highest BCUT2D eigenvalue weighted by Gasteiger charge is 2.34. The van der Waals surface area contributed by atoms with Gasteiger partial charge in [-0.3, -0.25) is 4.79 Å². The molecule has 6 heteroatoms.